The minimum atomic E-state index is -0.670. The van der Waals surface area contributed by atoms with Gasteiger partial charge in [0.15, 0.2) is 5.65 Å². The third-order valence-corrected chi connectivity index (χ3v) is 8.62. The standard InChI is InChI=1S/C35H33N9O4/c1-19(2)31-30-24(21-15-20-5-3-4-6-26(20)38-18-21)9-12-37-33(30)44(42-31)23-7-8-25(32(36)46)27(16-23)39-22-10-13-43(14-11-22)34(47)28-17-29(45)41-35(48)40-28/h3-9,12,15-19,22,39H,10-11,13-14H2,1-2H3,(H2,36,46)(H2,40,41,45,48). The van der Waals surface area contributed by atoms with E-state index in [0.717, 1.165) is 39.2 Å². The number of primary amides is 1. The van der Waals surface area contributed by atoms with Crippen LogP contribution in [0.5, 0.6) is 11.9 Å². The quantitative estimate of drug-likeness (QED) is 0.189. The van der Waals surface area contributed by atoms with Crippen molar-refractivity contribution in [3.8, 4) is 28.7 Å². The first-order valence-electron chi connectivity index (χ1n) is 15.7. The van der Waals surface area contributed by atoms with Gasteiger partial charge in [-0.15, -0.1) is 0 Å². The molecule has 0 aliphatic carbocycles. The minimum Gasteiger partial charge on any atom is -0.493 e. The first-order chi connectivity index (χ1) is 23.2. The van der Waals surface area contributed by atoms with Crippen LogP contribution in [-0.2, 0) is 0 Å². The van der Waals surface area contributed by atoms with Gasteiger partial charge in [-0.3, -0.25) is 14.6 Å². The molecule has 13 heteroatoms. The van der Waals surface area contributed by atoms with Gasteiger partial charge in [0.25, 0.3) is 11.8 Å². The molecule has 1 aliphatic rings. The number of nitrogens with zero attached hydrogens (tertiary/aromatic N) is 7. The maximum absolute atomic E-state index is 13.0. The number of nitrogens with one attached hydrogen (secondary N) is 1. The van der Waals surface area contributed by atoms with Crippen LogP contribution in [0.1, 0.15) is 59.1 Å². The van der Waals surface area contributed by atoms with E-state index in [4.69, 9.17) is 15.8 Å². The third-order valence-electron chi connectivity index (χ3n) is 8.62. The van der Waals surface area contributed by atoms with Gasteiger partial charge in [-0.05, 0) is 60.7 Å². The molecule has 5 heterocycles. The summed E-state index contributed by atoms with van der Waals surface area (Å²) in [7, 11) is 0. The third kappa shape index (κ3) is 5.70. The van der Waals surface area contributed by atoms with Crippen LogP contribution in [0.3, 0.4) is 0 Å². The maximum atomic E-state index is 13.0. The molecule has 48 heavy (non-hydrogen) atoms. The Bertz CT molecular complexity index is 2190. The molecule has 1 aliphatic heterocycles. The van der Waals surface area contributed by atoms with Crippen molar-refractivity contribution in [2.75, 3.05) is 18.4 Å². The fraction of sp³-hybridized carbons (Fsp3) is 0.229. The van der Waals surface area contributed by atoms with E-state index in [-0.39, 0.29) is 17.7 Å². The lowest BCUT2D eigenvalue weighted by molar-refractivity contribution is 0.0710. The number of fused-ring (bicyclic) bond motifs is 2. The minimum absolute atomic E-state index is 0.0691. The number of piperidine rings is 1. The Balaban J connectivity index is 1.20. The molecule has 0 atom stereocenters. The number of hydrogen-bond acceptors (Lipinski definition) is 10. The van der Waals surface area contributed by atoms with Crippen molar-refractivity contribution in [3.05, 3.63) is 90.0 Å². The topological polar surface area (TPSA) is 185 Å². The van der Waals surface area contributed by atoms with Crippen LogP contribution >= 0.6 is 0 Å². The molecule has 2 aromatic carbocycles. The van der Waals surface area contributed by atoms with E-state index in [2.05, 4.69) is 40.2 Å². The number of para-hydroxylation sites is 1. The first-order valence-corrected chi connectivity index (χ1v) is 15.7. The van der Waals surface area contributed by atoms with Crippen LogP contribution in [0.25, 0.3) is 38.8 Å². The van der Waals surface area contributed by atoms with Crippen molar-refractivity contribution in [2.45, 2.75) is 38.6 Å². The molecule has 2 amide bonds. The number of aromatic nitrogens is 6. The molecule has 13 nitrogen and oxygen atoms in total. The monoisotopic (exact) mass is 643 g/mol. The van der Waals surface area contributed by atoms with Crippen LogP contribution < -0.4 is 11.1 Å². The van der Waals surface area contributed by atoms with Crippen LogP contribution in [-0.4, -0.2) is 75.8 Å². The number of amides is 2. The van der Waals surface area contributed by atoms with Gasteiger partial charge in [-0.2, -0.15) is 15.1 Å². The van der Waals surface area contributed by atoms with E-state index in [1.54, 1.807) is 21.8 Å². The van der Waals surface area contributed by atoms with Crippen LogP contribution in [0.4, 0.5) is 5.69 Å². The summed E-state index contributed by atoms with van der Waals surface area (Å²) >= 11 is 0. The molecule has 242 valence electrons. The molecule has 0 radical (unpaired) electrons. The molecular formula is C35H33N9O4. The fourth-order valence-corrected chi connectivity index (χ4v) is 6.25. The van der Waals surface area contributed by atoms with E-state index >= 15 is 0 Å². The normalized spacial score (nSPS) is 13.8. The predicted octanol–water partition coefficient (Wildman–Crippen LogP) is 4.78. The second-order valence-electron chi connectivity index (χ2n) is 12.1. The van der Waals surface area contributed by atoms with Crippen molar-refractivity contribution < 1.29 is 19.8 Å². The Hall–Kier alpha value is -6.11. The van der Waals surface area contributed by atoms with Gasteiger partial charge in [0.2, 0.25) is 5.88 Å². The van der Waals surface area contributed by atoms with E-state index in [1.165, 1.54) is 0 Å². The van der Waals surface area contributed by atoms with E-state index in [1.807, 2.05) is 48.7 Å². The molecular weight excluding hydrogens is 610 g/mol. The van der Waals surface area contributed by atoms with Crippen LogP contribution in [0.2, 0.25) is 0 Å². The zero-order valence-electron chi connectivity index (χ0n) is 26.3. The Morgan fingerprint density at radius 2 is 1.77 bits per heavy atom. The van der Waals surface area contributed by atoms with Crippen molar-refractivity contribution in [1.29, 1.82) is 0 Å². The van der Waals surface area contributed by atoms with Crippen molar-refractivity contribution >= 4 is 39.4 Å². The number of rotatable bonds is 7. The van der Waals surface area contributed by atoms with Crippen LogP contribution in [0.15, 0.2) is 73.1 Å². The molecule has 6 aromatic rings. The van der Waals surface area contributed by atoms with E-state index in [0.29, 0.717) is 48.5 Å². The molecule has 1 saturated heterocycles. The largest absolute Gasteiger partial charge is 0.493 e. The number of pyridine rings is 2. The number of carbonyl (C=O) groups excluding carboxylic acids is 2. The molecule has 4 aromatic heterocycles. The van der Waals surface area contributed by atoms with Crippen molar-refractivity contribution in [2.24, 2.45) is 5.73 Å². The average Bonchev–Trinajstić information content (AvgIpc) is 3.48. The zero-order valence-corrected chi connectivity index (χ0v) is 26.3. The highest BCUT2D eigenvalue weighted by Gasteiger charge is 2.27. The van der Waals surface area contributed by atoms with Crippen LogP contribution in [0, 0.1) is 0 Å². The lowest BCUT2D eigenvalue weighted by Gasteiger charge is -2.33. The van der Waals surface area contributed by atoms with Gasteiger partial charge in [-0.25, -0.2) is 9.67 Å². The molecule has 0 spiro atoms. The Morgan fingerprint density at radius 1 is 0.979 bits per heavy atom. The Kier molecular flexibility index (Phi) is 7.79. The number of hydrogen-bond donors (Lipinski definition) is 4. The molecule has 0 unspecified atom stereocenters. The lowest BCUT2D eigenvalue weighted by Crippen LogP contribution is -2.42. The van der Waals surface area contributed by atoms with Gasteiger partial charge < -0.3 is 26.2 Å². The number of likely N-dealkylation sites (tertiary alicyclic amines) is 1. The average molecular weight is 644 g/mol. The highest BCUT2D eigenvalue weighted by molar-refractivity contribution is 6.00. The van der Waals surface area contributed by atoms with Crippen molar-refractivity contribution in [3.63, 3.8) is 0 Å². The van der Waals surface area contributed by atoms with E-state index in [9.17, 15) is 19.8 Å². The predicted molar refractivity (Wildman–Crippen MR) is 180 cm³/mol. The smallest absolute Gasteiger partial charge is 0.317 e. The van der Waals surface area contributed by atoms with Gasteiger partial charge in [0.1, 0.15) is 5.69 Å². The summed E-state index contributed by atoms with van der Waals surface area (Å²) < 4.78 is 1.80. The summed E-state index contributed by atoms with van der Waals surface area (Å²) in [6.45, 7) is 4.98. The second-order valence-corrected chi connectivity index (χ2v) is 12.1. The number of benzene rings is 2. The number of carbonyl (C=O) groups is 2. The molecule has 7 rings (SSSR count). The van der Waals surface area contributed by atoms with Gasteiger partial charge in [0.05, 0.1) is 27.8 Å². The zero-order chi connectivity index (χ0) is 33.5. The summed E-state index contributed by atoms with van der Waals surface area (Å²) in [5, 5.41) is 29.8. The SMILES string of the molecule is CC(C)c1nn(-c2ccc(C(N)=O)c(NC3CCN(C(=O)c4cc(O)nc(O)n4)CC3)c2)c2nccc(-c3cnc4ccccc4c3)c12. The molecule has 5 N–H and O–H groups in total. The number of anilines is 1. The maximum Gasteiger partial charge on any atom is 0.317 e. The highest BCUT2D eigenvalue weighted by Crippen LogP contribution is 2.36. The van der Waals surface area contributed by atoms with Crippen molar-refractivity contribution in [1.82, 2.24) is 34.6 Å². The summed E-state index contributed by atoms with van der Waals surface area (Å²) in [4.78, 5) is 43.6. The highest BCUT2D eigenvalue weighted by atomic mass is 16.3. The molecule has 0 bridgehead atoms. The Labute approximate surface area is 275 Å². The summed E-state index contributed by atoms with van der Waals surface area (Å²) in [5.41, 5.74) is 11.7. The first kappa shape index (κ1) is 30.5. The number of aromatic hydroxyl groups is 2. The number of nitrogens with two attached hydrogens (primary N) is 1. The fourth-order valence-electron chi connectivity index (χ4n) is 6.25. The molecule has 1 fully saturated rings. The molecule has 0 saturated carbocycles. The van der Waals surface area contributed by atoms with Gasteiger partial charge >= 0.3 is 6.01 Å². The Morgan fingerprint density at radius 3 is 2.52 bits per heavy atom. The second kappa shape index (κ2) is 12.2. The summed E-state index contributed by atoms with van der Waals surface area (Å²) in [6.07, 6.45) is 4.79. The summed E-state index contributed by atoms with van der Waals surface area (Å²) in [5.74, 6) is -1.38. The van der Waals surface area contributed by atoms with Gasteiger partial charge in [-0.1, -0.05) is 32.0 Å². The lowest BCUT2D eigenvalue weighted by atomic mass is 9.98. The summed E-state index contributed by atoms with van der Waals surface area (Å²) in [6, 6.07) is 17.8. The van der Waals surface area contributed by atoms with Gasteiger partial charge in [0, 0.05) is 54.2 Å². The van der Waals surface area contributed by atoms with E-state index < -0.39 is 23.7 Å².